The SMILES string of the molecule is COC1CNC(C(=O)NCc2nnc3ccccn23)C1. The molecule has 7 heteroatoms. The molecule has 7 nitrogen and oxygen atoms in total. The van der Waals surface area contributed by atoms with Crippen LogP contribution in [0.4, 0.5) is 0 Å². The second kappa shape index (κ2) is 5.56. The van der Waals surface area contributed by atoms with Gasteiger partial charge in [-0.25, -0.2) is 0 Å². The number of amides is 1. The van der Waals surface area contributed by atoms with Crippen molar-refractivity contribution in [3.63, 3.8) is 0 Å². The highest BCUT2D eigenvalue weighted by Crippen LogP contribution is 2.09. The summed E-state index contributed by atoms with van der Waals surface area (Å²) in [6.45, 7) is 1.07. The lowest BCUT2D eigenvalue weighted by Crippen LogP contribution is -2.40. The molecule has 0 bridgehead atoms. The van der Waals surface area contributed by atoms with E-state index in [-0.39, 0.29) is 18.1 Å². The van der Waals surface area contributed by atoms with Crippen molar-refractivity contribution in [3.8, 4) is 0 Å². The highest BCUT2D eigenvalue weighted by molar-refractivity contribution is 5.82. The van der Waals surface area contributed by atoms with Gasteiger partial charge in [-0.3, -0.25) is 9.20 Å². The molecule has 2 unspecified atom stereocenters. The van der Waals surface area contributed by atoms with Crippen molar-refractivity contribution in [1.82, 2.24) is 25.2 Å². The third-order valence-corrected chi connectivity index (χ3v) is 3.55. The number of hydrogen-bond donors (Lipinski definition) is 2. The molecule has 3 heterocycles. The molecular formula is C13H17N5O2. The summed E-state index contributed by atoms with van der Waals surface area (Å²) in [4.78, 5) is 12.1. The van der Waals surface area contributed by atoms with Crippen LogP contribution in [0.2, 0.25) is 0 Å². The number of fused-ring (bicyclic) bond motifs is 1. The largest absolute Gasteiger partial charge is 0.380 e. The van der Waals surface area contributed by atoms with Gasteiger partial charge in [0.15, 0.2) is 11.5 Å². The predicted molar refractivity (Wildman–Crippen MR) is 72.0 cm³/mol. The average molecular weight is 275 g/mol. The molecule has 1 aliphatic heterocycles. The summed E-state index contributed by atoms with van der Waals surface area (Å²) >= 11 is 0. The van der Waals surface area contributed by atoms with E-state index in [9.17, 15) is 4.79 Å². The van der Waals surface area contributed by atoms with Crippen molar-refractivity contribution >= 4 is 11.6 Å². The Hall–Kier alpha value is -1.99. The molecule has 2 N–H and O–H groups in total. The number of pyridine rings is 1. The van der Waals surface area contributed by atoms with Crippen LogP contribution < -0.4 is 10.6 Å². The number of methoxy groups -OCH3 is 1. The zero-order valence-corrected chi connectivity index (χ0v) is 11.2. The molecule has 0 aromatic carbocycles. The molecule has 0 aliphatic carbocycles. The van der Waals surface area contributed by atoms with Crippen LogP contribution >= 0.6 is 0 Å². The van der Waals surface area contributed by atoms with Gasteiger partial charge in [0, 0.05) is 19.9 Å². The fourth-order valence-corrected chi connectivity index (χ4v) is 2.38. The molecule has 3 rings (SSSR count). The number of nitrogens with one attached hydrogen (secondary N) is 2. The molecule has 106 valence electrons. The summed E-state index contributed by atoms with van der Waals surface area (Å²) in [6, 6.07) is 5.49. The number of carbonyl (C=O) groups is 1. The van der Waals surface area contributed by atoms with Gasteiger partial charge in [0.05, 0.1) is 18.7 Å². The van der Waals surface area contributed by atoms with Gasteiger partial charge in [-0.1, -0.05) is 6.07 Å². The highest BCUT2D eigenvalue weighted by atomic mass is 16.5. The number of hydrogen-bond acceptors (Lipinski definition) is 5. The Morgan fingerprint density at radius 1 is 1.55 bits per heavy atom. The fourth-order valence-electron chi connectivity index (χ4n) is 2.38. The van der Waals surface area contributed by atoms with Crippen LogP contribution in [0.3, 0.4) is 0 Å². The normalized spacial score (nSPS) is 22.2. The Labute approximate surface area is 116 Å². The van der Waals surface area contributed by atoms with E-state index in [1.807, 2.05) is 28.8 Å². The second-order valence-corrected chi connectivity index (χ2v) is 4.82. The number of rotatable bonds is 4. The molecule has 20 heavy (non-hydrogen) atoms. The smallest absolute Gasteiger partial charge is 0.237 e. The fraction of sp³-hybridized carbons (Fsp3) is 0.462. The van der Waals surface area contributed by atoms with E-state index < -0.39 is 0 Å². The minimum absolute atomic E-state index is 0.0303. The van der Waals surface area contributed by atoms with Crippen molar-refractivity contribution in [3.05, 3.63) is 30.2 Å². The Kier molecular flexibility index (Phi) is 3.62. The summed E-state index contributed by atoms with van der Waals surface area (Å²) in [5, 5.41) is 14.2. The third-order valence-electron chi connectivity index (χ3n) is 3.55. The molecule has 1 saturated heterocycles. The lowest BCUT2D eigenvalue weighted by Gasteiger charge is -2.10. The van der Waals surface area contributed by atoms with Crippen molar-refractivity contribution in [2.24, 2.45) is 0 Å². The van der Waals surface area contributed by atoms with E-state index in [1.165, 1.54) is 0 Å². The first-order valence-electron chi connectivity index (χ1n) is 6.60. The Morgan fingerprint density at radius 2 is 2.45 bits per heavy atom. The van der Waals surface area contributed by atoms with Crippen LogP contribution in [0.15, 0.2) is 24.4 Å². The number of ether oxygens (including phenoxy) is 1. The van der Waals surface area contributed by atoms with Crippen LogP contribution in [-0.4, -0.2) is 46.3 Å². The molecule has 0 spiro atoms. The van der Waals surface area contributed by atoms with Crippen LogP contribution in [0.25, 0.3) is 5.65 Å². The maximum Gasteiger partial charge on any atom is 0.237 e. The van der Waals surface area contributed by atoms with Gasteiger partial charge >= 0.3 is 0 Å². The molecule has 0 radical (unpaired) electrons. The zero-order valence-electron chi connectivity index (χ0n) is 11.2. The minimum atomic E-state index is -0.195. The van der Waals surface area contributed by atoms with Crippen LogP contribution in [-0.2, 0) is 16.1 Å². The van der Waals surface area contributed by atoms with Crippen molar-refractivity contribution < 1.29 is 9.53 Å². The van der Waals surface area contributed by atoms with E-state index in [1.54, 1.807) is 7.11 Å². The van der Waals surface area contributed by atoms with E-state index >= 15 is 0 Å². The van der Waals surface area contributed by atoms with Crippen molar-refractivity contribution in [1.29, 1.82) is 0 Å². The van der Waals surface area contributed by atoms with Crippen molar-refractivity contribution in [2.75, 3.05) is 13.7 Å². The Bertz CT molecular complexity index is 612. The first kappa shape index (κ1) is 13.0. The molecular weight excluding hydrogens is 258 g/mol. The topological polar surface area (TPSA) is 80.5 Å². The summed E-state index contributed by atoms with van der Waals surface area (Å²) in [7, 11) is 1.66. The molecule has 2 atom stereocenters. The first-order valence-corrected chi connectivity index (χ1v) is 6.60. The number of aromatic nitrogens is 3. The van der Waals surface area contributed by atoms with Gasteiger partial charge < -0.3 is 15.4 Å². The van der Waals surface area contributed by atoms with Gasteiger partial charge in [0.1, 0.15) is 0 Å². The summed E-state index contributed by atoms with van der Waals surface area (Å²) in [5.41, 5.74) is 0.773. The average Bonchev–Trinajstić information content (AvgIpc) is 3.11. The summed E-state index contributed by atoms with van der Waals surface area (Å²) in [6.07, 6.45) is 2.69. The molecule has 1 aliphatic rings. The van der Waals surface area contributed by atoms with Gasteiger partial charge in [-0.15, -0.1) is 10.2 Å². The highest BCUT2D eigenvalue weighted by Gasteiger charge is 2.29. The zero-order chi connectivity index (χ0) is 13.9. The van der Waals surface area contributed by atoms with E-state index in [0.717, 1.165) is 11.5 Å². The van der Waals surface area contributed by atoms with Gasteiger partial charge in [0.25, 0.3) is 0 Å². The Balaban J connectivity index is 1.61. The summed E-state index contributed by atoms with van der Waals surface area (Å²) in [5.74, 6) is 0.687. The molecule has 2 aromatic heterocycles. The van der Waals surface area contributed by atoms with Gasteiger partial charge in [-0.2, -0.15) is 0 Å². The maximum atomic E-state index is 12.1. The minimum Gasteiger partial charge on any atom is -0.380 e. The second-order valence-electron chi connectivity index (χ2n) is 4.82. The summed E-state index contributed by atoms with van der Waals surface area (Å²) < 4.78 is 7.09. The van der Waals surface area contributed by atoms with Crippen molar-refractivity contribution in [2.45, 2.75) is 25.1 Å². The predicted octanol–water partition coefficient (Wildman–Crippen LogP) is -0.278. The quantitative estimate of drug-likeness (QED) is 0.802. The van der Waals surface area contributed by atoms with Crippen LogP contribution in [0.5, 0.6) is 0 Å². The monoisotopic (exact) mass is 275 g/mol. The molecule has 2 aromatic rings. The van der Waals surface area contributed by atoms with Gasteiger partial charge in [0.2, 0.25) is 5.91 Å². The number of carbonyl (C=O) groups excluding carboxylic acids is 1. The lowest BCUT2D eigenvalue weighted by atomic mass is 10.2. The standard InChI is InChI=1S/C13H17N5O2/c1-20-9-6-10(14-7-9)13(19)15-8-12-17-16-11-4-2-3-5-18(11)12/h2-5,9-10,14H,6-8H2,1H3,(H,15,19). The maximum absolute atomic E-state index is 12.1. The number of nitrogens with zero attached hydrogens (tertiary/aromatic N) is 3. The van der Waals surface area contributed by atoms with Crippen LogP contribution in [0.1, 0.15) is 12.2 Å². The van der Waals surface area contributed by atoms with Crippen LogP contribution in [0, 0.1) is 0 Å². The molecule has 0 saturated carbocycles. The van der Waals surface area contributed by atoms with E-state index in [0.29, 0.717) is 19.5 Å². The van der Waals surface area contributed by atoms with Gasteiger partial charge in [-0.05, 0) is 18.6 Å². The van der Waals surface area contributed by atoms with E-state index in [2.05, 4.69) is 20.8 Å². The molecule has 1 fully saturated rings. The third kappa shape index (κ3) is 2.50. The first-order chi connectivity index (χ1) is 9.78. The van der Waals surface area contributed by atoms with E-state index in [4.69, 9.17) is 4.74 Å². The Morgan fingerprint density at radius 3 is 3.25 bits per heavy atom. The molecule has 1 amide bonds. The lowest BCUT2D eigenvalue weighted by molar-refractivity contribution is -0.123.